The van der Waals surface area contributed by atoms with Crippen LogP contribution in [0.1, 0.15) is 23.3 Å². The topological polar surface area (TPSA) is 101 Å². The van der Waals surface area contributed by atoms with Crippen LogP contribution in [0.25, 0.3) is 11.3 Å². The summed E-state index contributed by atoms with van der Waals surface area (Å²) in [6, 6.07) is 8.89. The number of aromatic nitrogens is 2. The van der Waals surface area contributed by atoms with E-state index in [1.165, 1.54) is 0 Å². The first-order chi connectivity index (χ1) is 10.1. The second-order valence-electron chi connectivity index (χ2n) is 4.47. The van der Waals surface area contributed by atoms with Crippen LogP contribution in [0.5, 0.6) is 0 Å². The van der Waals surface area contributed by atoms with Crippen molar-refractivity contribution in [1.82, 2.24) is 15.5 Å². The summed E-state index contributed by atoms with van der Waals surface area (Å²) < 4.78 is 0. The van der Waals surface area contributed by atoms with Crippen molar-refractivity contribution in [3.63, 3.8) is 0 Å². The van der Waals surface area contributed by atoms with E-state index < -0.39 is 0 Å². The SMILES string of the molecule is NC(=O)CCCNC(=O)c1cc(-c2ccccc2Cl)n[nH]1. The minimum atomic E-state index is -0.383. The Bertz CT molecular complexity index is 654. The number of nitrogens with zero attached hydrogens (tertiary/aromatic N) is 1. The highest BCUT2D eigenvalue weighted by molar-refractivity contribution is 6.33. The molecule has 0 aliphatic carbocycles. The first-order valence-electron chi connectivity index (χ1n) is 6.44. The zero-order valence-electron chi connectivity index (χ0n) is 11.2. The molecule has 0 unspecified atom stereocenters. The Morgan fingerprint density at radius 3 is 2.81 bits per heavy atom. The molecule has 2 amide bonds. The van der Waals surface area contributed by atoms with E-state index in [0.29, 0.717) is 29.4 Å². The molecular formula is C14H15ClN4O2. The summed E-state index contributed by atoms with van der Waals surface area (Å²) in [5, 5.41) is 10.00. The molecule has 0 spiro atoms. The number of hydrogen-bond acceptors (Lipinski definition) is 3. The predicted molar refractivity (Wildman–Crippen MR) is 79.8 cm³/mol. The van der Waals surface area contributed by atoms with Crippen LogP contribution in [-0.4, -0.2) is 28.6 Å². The number of amides is 2. The van der Waals surface area contributed by atoms with Gasteiger partial charge in [0.1, 0.15) is 5.69 Å². The fourth-order valence-electron chi connectivity index (χ4n) is 1.80. The fourth-order valence-corrected chi connectivity index (χ4v) is 2.04. The van der Waals surface area contributed by atoms with Gasteiger partial charge in [-0.15, -0.1) is 0 Å². The maximum atomic E-state index is 11.9. The average Bonchev–Trinajstić information content (AvgIpc) is 2.93. The van der Waals surface area contributed by atoms with Crippen LogP contribution in [0.15, 0.2) is 30.3 Å². The van der Waals surface area contributed by atoms with Crippen molar-refractivity contribution in [3.05, 3.63) is 41.0 Å². The quantitative estimate of drug-likeness (QED) is 0.708. The van der Waals surface area contributed by atoms with Crippen molar-refractivity contribution < 1.29 is 9.59 Å². The van der Waals surface area contributed by atoms with Crippen LogP contribution in [0.2, 0.25) is 5.02 Å². The van der Waals surface area contributed by atoms with Gasteiger partial charge in [0.05, 0.1) is 10.7 Å². The zero-order valence-corrected chi connectivity index (χ0v) is 12.0. The molecule has 4 N–H and O–H groups in total. The monoisotopic (exact) mass is 306 g/mol. The van der Waals surface area contributed by atoms with Crippen molar-refractivity contribution in [2.24, 2.45) is 5.73 Å². The molecule has 110 valence electrons. The van der Waals surface area contributed by atoms with Crippen LogP contribution < -0.4 is 11.1 Å². The molecule has 0 saturated heterocycles. The molecule has 1 aromatic carbocycles. The van der Waals surface area contributed by atoms with Crippen LogP contribution in [0, 0.1) is 0 Å². The molecule has 0 saturated carbocycles. The van der Waals surface area contributed by atoms with E-state index in [9.17, 15) is 9.59 Å². The third-order valence-corrected chi connectivity index (χ3v) is 3.19. The summed E-state index contributed by atoms with van der Waals surface area (Å²) in [5.41, 5.74) is 6.71. The largest absolute Gasteiger partial charge is 0.370 e. The standard InChI is InChI=1S/C14H15ClN4O2/c15-10-5-2-1-4-9(10)11-8-12(19-18-11)14(21)17-7-3-6-13(16)20/h1-2,4-5,8H,3,6-7H2,(H2,16,20)(H,17,21)(H,18,19). The van der Waals surface area contributed by atoms with Crippen LogP contribution in [0.4, 0.5) is 0 Å². The third kappa shape index (κ3) is 4.06. The maximum absolute atomic E-state index is 11.9. The lowest BCUT2D eigenvalue weighted by Crippen LogP contribution is -2.25. The number of rotatable bonds is 6. The number of hydrogen-bond donors (Lipinski definition) is 3. The van der Waals surface area contributed by atoms with Crippen LogP contribution in [0.3, 0.4) is 0 Å². The molecule has 0 fully saturated rings. The first-order valence-corrected chi connectivity index (χ1v) is 6.82. The molecular weight excluding hydrogens is 292 g/mol. The number of carbonyl (C=O) groups is 2. The number of primary amides is 1. The van der Waals surface area contributed by atoms with Crippen molar-refractivity contribution >= 4 is 23.4 Å². The number of aromatic amines is 1. The zero-order chi connectivity index (χ0) is 15.2. The normalized spacial score (nSPS) is 10.3. The van der Waals surface area contributed by atoms with Gasteiger partial charge in [-0.2, -0.15) is 5.10 Å². The van der Waals surface area contributed by atoms with E-state index in [4.69, 9.17) is 17.3 Å². The molecule has 6 nitrogen and oxygen atoms in total. The lowest BCUT2D eigenvalue weighted by Gasteiger charge is -2.01. The average molecular weight is 307 g/mol. The van der Waals surface area contributed by atoms with Crippen LogP contribution >= 0.6 is 11.6 Å². The molecule has 2 aromatic rings. The molecule has 1 aromatic heterocycles. The fraction of sp³-hybridized carbons (Fsp3) is 0.214. The molecule has 0 aliphatic rings. The summed E-state index contributed by atoms with van der Waals surface area (Å²) >= 11 is 6.08. The van der Waals surface area contributed by atoms with Gasteiger partial charge in [-0.25, -0.2) is 0 Å². The number of carbonyl (C=O) groups excluding carboxylic acids is 2. The number of benzene rings is 1. The number of nitrogens with one attached hydrogen (secondary N) is 2. The second-order valence-corrected chi connectivity index (χ2v) is 4.88. The highest BCUT2D eigenvalue weighted by atomic mass is 35.5. The maximum Gasteiger partial charge on any atom is 0.269 e. The molecule has 21 heavy (non-hydrogen) atoms. The molecule has 7 heteroatoms. The van der Waals surface area contributed by atoms with E-state index in [1.807, 2.05) is 18.2 Å². The van der Waals surface area contributed by atoms with E-state index >= 15 is 0 Å². The predicted octanol–water partition coefficient (Wildman–Crippen LogP) is 1.73. The van der Waals surface area contributed by atoms with Crippen molar-refractivity contribution in [1.29, 1.82) is 0 Å². The van der Waals surface area contributed by atoms with E-state index in [0.717, 1.165) is 5.56 Å². The molecule has 0 bridgehead atoms. The summed E-state index contributed by atoms with van der Waals surface area (Å²) in [4.78, 5) is 22.5. The van der Waals surface area contributed by atoms with E-state index in [2.05, 4.69) is 15.5 Å². The number of halogens is 1. The number of nitrogens with two attached hydrogens (primary N) is 1. The Morgan fingerprint density at radius 1 is 1.33 bits per heavy atom. The summed E-state index contributed by atoms with van der Waals surface area (Å²) in [6.45, 7) is 0.377. The summed E-state index contributed by atoms with van der Waals surface area (Å²) in [7, 11) is 0. The van der Waals surface area contributed by atoms with Gasteiger partial charge in [0.15, 0.2) is 0 Å². The Labute approximate surface area is 126 Å². The van der Waals surface area contributed by atoms with Crippen LogP contribution in [-0.2, 0) is 4.79 Å². The Hall–Kier alpha value is -2.34. The summed E-state index contributed by atoms with van der Waals surface area (Å²) in [6.07, 6.45) is 0.751. The van der Waals surface area contributed by atoms with Gasteiger partial charge in [-0.3, -0.25) is 14.7 Å². The lowest BCUT2D eigenvalue weighted by atomic mass is 10.1. The van der Waals surface area contributed by atoms with Gasteiger partial charge in [-0.1, -0.05) is 29.8 Å². The molecule has 0 radical (unpaired) electrons. The second kappa shape index (κ2) is 6.90. The highest BCUT2D eigenvalue weighted by Crippen LogP contribution is 2.26. The van der Waals surface area contributed by atoms with Gasteiger partial charge in [0, 0.05) is 18.5 Å². The Morgan fingerprint density at radius 2 is 2.10 bits per heavy atom. The van der Waals surface area contributed by atoms with E-state index in [1.54, 1.807) is 12.1 Å². The molecule has 1 heterocycles. The van der Waals surface area contributed by atoms with Gasteiger partial charge in [0.25, 0.3) is 5.91 Å². The molecule has 0 atom stereocenters. The third-order valence-electron chi connectivity index (χ3n) is 2.86. The van der Waals surface area contributed by atoms with E-state index in [-0.39, 0.29) is 18.2 Å². The number of H-pyrrole nitrogens is 1. The Kier molecular flexibility index (Phi) is 4.94. The lowest BCUT2D eigenvalue weighted by molar-refractivity contribution is -0.118. The summed E-state index contributed by atoms with van der Waals surface area (Å²) in [5.74, 6) is -0.669. The molecule has 2 rings (SSSR count). The Balaban J connectivity index is 1.98. The minimum absolute atomic E-state index is 0.244. The van der Waals surface area contributed by atoms with Gasteiger partial charge >= 0.3 is 0 Å². The minimum Gasteiger partial charge on any atom is -0.370 e. The van der Waals surface area contributed by atoms with Crippen molar-refractivity contribution in [2.45, 2.75) is 12.8 Å². The van der Waals surface area contributed by atoms with Gasteiger partial charge < -0.3 is 11.1 Å². The molecule has 0 aliphatic heterocycles. The van der Waals surface area contributed by atoms with Gasteiger partial charge in [-0.05, 0) is 18.6 Å². The highest BCUT2D eigenvalue weighted by Gasteiger charge is 2.12. The van der Waals surface area contributed by atoms with Crippen molar-refractivity contribution in [3.8, 4) is 11.3 Å². The smallest absolute Gasteiger partial charge is 0.269 e. The first kappa shape index (κ1) is 15.1. The van der Waals surface area contributed by atoms with Gasteiger partial charge in [0.2, 0.25) is 5.91 Å². The van der Waals surface area contributed by atoms with Crippen molar-refractivity contribution in [2.75, 3.05) is 6.54 Å².